The van der Waals surface area contributed by atoms with Crippen LogP contribution in [0.2, 0.25) is 0 Å². The molecule has 0 aliphatic carbocycles. The molecule has 0 saturated heterocycles. The maximum Gasteiger partial charge on any atom is 0.262 e. The average molecular weight is 491 g/mol. The zero-order valence-electron chi connectivity index (χ0n) is 18.3. The Bertz CT molecular complexity index is 1270. The number of aromatic nitrogens is 1. The second-order valence-corrected chi connectivity index (χ2v) is 9.28. The van der Waals surface area contributed by atoms with Gasteiger partial charge < -0.3 is 16.0 Å². The van der Waals surface area contributed by atoms with E-state index in [1.165, 1.54) is 29.6 Å². The molecule has 3 amide bonds. The summed E-state index contributed by atoms with van der Waals surface area (Å²) in [5.41, 5.74) is 3.20. The molecule has 0 aliphatic rings. The molecule has 9 heteroatoms. The summed E-state index contributed by atoms with van der Waals surface area (Å²) in [5.74, 6) is -0.761. The van der Waals surface area contributed by atoms with Crippen LogP contribution < -0.4 is 16.0 Å². The number of nitrogens with one attached hydrogen (secondary N) is 3. The highest BCUT2D eigenvalue weighted by atomic mass is 32.1. The minimum absolute atomic E-state index is 0.136. The molecule has 0 fully saturated rings. The van der Waals surface area contributed by atoms with Crippen LogP contribution in [0, 0.1) is 0 Å². The molecule has 4 aromatic rings. The van der Waals surface area contributed by atoms with E-state index in [9.17, 15) is 14.4 Å². The van der Waals surface area contributed by atoms with Crippen molar-refractivity contribution in [2.75, 3.05) is 10.6 Å². The molecule has 0 radical (unpaired) electrons. The predicted molar refractivity (Wildman–Crippen MR) is 136 cm³/mol. The standard InChI is InChI=1S/C25H22N4O3S2/c1-16(30)26-19-11-9-18(10-12-19)21-15-34-25(28-21)29-23(31)20(14-17-6-3-2-4-7-17)27-24(32)22-8-5-13-33-22/h2-13,15,20H,14H2,1H3,(H,26,30)(H,27,32)(H,28,29,31)/t20-/m0/s1. The van der Waals surface area contributed by atoms with Crippen molar-refractivity contribution >= 4 is 51.2 Å². The van der Waals surface area contributed by atoms with Gasteiger partial charge in [-0.1, -0.05) is 48.5 Å². The van der Waals surface area contributed by atoms with Crippen LogP contribution >= 0.6 is 22.7 Å². The minimum Gasteiger partial charge on any atom is -0.339 e. The highest BCUT2D eigenvalue weighted by Gasteiger charge is 2.23. The van der Waals surface area contributed by atoms with Crippen molar-refractivity contribution in [2.45, 2.75) is 19.4 Å². The quantitative estimate of drug-likeness (QED) is 0.330. The number of thiophene rings is 1. The third kappa shape index (κ3) is 6.15. The zero-order valence-corrected chi connectivity index (χ0v) is 19.9. The topological polar surface area (TPSA) is 100 Å². The van der Waals surface area contributed by atoms with E-state index in [0.717, 1.165) is 11.1 Å². The number of hydrogen-bond acceptors (Lipinski definition) is 6. The molecule has 0 spiro atoms. The van der Waals surface area contributed by atoms with E-state index in [0.29, 0.717) is 27.8 Å². The normalized spacial score (nSPS) is 11.4. The fraction of sp³-hybridized carbons (Fsp3) is 0.120. The molecule has 3 N–H and O–H groups in total. The molecule has 2 heterocycles. The number of thiazole rings is 1. The molecular formula is C25H22N4O3S2. The van der Waals surface area contributed by atoms with E-state index in [2.05, 4.69) is 20.9 Å². The smallest absolute Gasteiger partial charge is 0.262 e. The number of carbonyl (C=O) groups is 3. The van der Waals surface area contributed by atoms with Gasteiger partial charge in [0.15, 0.2) is 5.13 Å². The van der Waals surface area contributed by atoms with Crippen molar-refractivity contribution in [1.82, 2.24) is 10.3 Å². The van der Waals surface area contributed by atoms with Gasteiger partial charge in [-0.05, 0) is 29.1 Å². The first kappa shape index (κ1) is 23.3. The Kier molecular flexibility index (Phi) is 7.46. The van der Waals surface area contributed by atoms with Crippen molar-refractivity contribution in [3.8, 4) is 11.3 Å². The van der Waals surface area contributed by atoms with Crippen LogP contribution in [0.3, 0.4) is 0 Å². The second-order valence-electron chi connectivity index (χ2n) is 7.48. The number of anilines is 2. The van der Waals surface area contributed by atoms with Crippen molar-refractivity contribution in [3.05, 3.63) is 87.9 Å². The molecule has 0 bridgehead atoms. The van der Waals surface area contributed by atoms with Gasteiger partial charge in [0.25, 0.3) is 5.91 Å². The van der Waals surface area contributed by atoms with Gasteiger partial charge in [-0.2, -0.15) is 0 Å². The van der Waals surface area contributed by atoms with Crippen LogP contribution in [-0.2, 0) is 16.0 Å². The number of benzene rings is 2. The summed E-state index contributed by atoms with van der Waals surface area (Å²) >= 11 is 2.63. The Morgan fingerprint density at radius 2 is 1.68 bits per heavy atom. The molecule has 4 rings (SSSR count). The SMILES string of the molecule is CC(=O)Nc1ccc(-c2csc(NC(=O)[C@H](Cc3ccccc3)NC(=O)c3cccs3)n2)cc1. The summed E-state index contributed by atoms with van der Waals surface area (Å²) in [5, 5.41) is 12.5. The summed E-state index contributed by atoms with van der Waals surface area (Å²) in [4.78, 5) is 42.0. The summed E-state index contributed by atoms with van der Waals surface area (Å²) < 4.78 is 0. The molecule has 172 valence electrons. The van der Waals surface area contributed by atoms with Gasteiger partial charge in [-0.25, -0.2) is 4.98 Å². The summed E-state index contributed by atoms with van der Waals surface area (Å²) in [6.07, 6.45) is 0.354. The Labute approximate surface area is 204 Å². The maximum absolute atomic E-state index is 13.1. The van der Waals surface area contributed by atoms with E-state index in [1.807, 2.05) is 53.2 Å². The Morgan fingerprint density at radius 3 is 2.35 bits per heavy atom. The van der Waals surface area contributed by atoms with Crippen LogP contribution in [-0.4, -0.2) is 28.7 Å². The first-order valence-electron chi connectivity index (χ1n) is 10.5. The lowest BCUT2D eigenvalue weighted by Gasteiger charge is -2.17. The van der Waals surface area contributed by atoms with Crippen LogP contribution in [0.1, 0.15) is 22.2 Å². The van der Waals surface area contributed by atoms with Crippen molar-refractivity contribution in [2.24, 2.45) is 0 Å². The highest BCUT2D eigenvalue weighted by Crippen LogP contribution is 2.26. The lowest BCUT2D eigenvalue weighted by molar-refractivity contribution is -0.118. The molecule has 7 nitrogen and oxygen atoms in total. The Hall–Kier alpha value is -3.82. The zero-order chi connectivity index (χ0) is 23.9. The van der Waals surface area contributed by atoms with E-state index >= 15 is 0 Å². The predicted octanol–water partition coefficient (Wildman–Crippen LogP) is 4.81. The number of nitrogens with zero attached hydrogens (tertiary/aromatic N) is 1. The van der Waals surface area contributed by atoms with Crippen molar-refractivity contribution in [1.29, 1.82) is 0 Å². The van der Waals surface area contributed by atoms with Crippen LogP contribution in [0.15, 0.2) is 77.5 Å². The van der Waals surface area contributed by atoms with Crippen molar-refractivity contribution in [3.63, 3.8) is 0 Å². The first-order valence-corrected chi connectivity index (χ1v) is 12.3. The number of carbonyl (C=O) groups excluding carboxylic acids is 3. The molecule has 0 unspecified atom stereocenters. The number of amides is 3. The summed E-state index contributed by atoms with van der Waals surface area (Å²) in [6.45, 7) is 1.46. The van der Waals surface area contributed by atoms with E-state index in [1.54, 1.807) is 24.3 Å². The van der Waals surface area contributed by atoms with Crippen LogP contribution in [0.25, 0.3) is 11.3 Å². The third-order valence-electron chi connectivity index (χ3n) is 4.88. The highest BCUT2D eigenvalue weighted by molar-refractivity contribution is 7.14. The van der Waals surface area contributed by atoms with Crippen LogP contribution in [0.5, 0.6) is 0 Å². The lowest BCUT2D eigenvalue weighted by Crippen LogP contribution is -2.45. The van der Waals surface area contributed by atoms with Gasteiger partial charge in [-0.15, -0.1) is 22.7 Å². The van der Waals surface area contributed by atoms with Crippen molar-refractivity contribution < 1.29 is 14.4 Å². The molecule has 2 aromatic heterocycles. The summed E-state index contributed by atoms with van der Waals surface area (Å²) in [6, 6.07) is 19.6. The van der Waals surface area contributed by atoms with Gasteiger partial charge in [-0.3, -0.25) is 14.4 Å². The van der Waals surface area contributed by atoms with E-state index < -0.39 is 6.04 Å². The molecule has 0 aliphatic heterocycles. The van der Waals surface area contributed by atoms with Crippen LogP contribution in [0.4, 0.5) is 10.8 Å². The van der Waals surface area contributed by atoms with E-state index in [-0.39, 0.29) is 17.7 Å². The van der Waals surface area contributed by atoms with Gasteiger partial charge in [0, 0.05) is 30.0 Å². The molecule has 34 heavy (non-hydrogen) atoms. The average Bonchev–Trinajstić information content (AvgIpc) is 3.52. The monoisotopic (exact) mass is 490 g/mol. The second kappa shape index (κ2) is 10.9. The summed E-state index contributed by atoms with van der Waals surface area (Å²) in [7, 11) is 0. The minimum atomic E-state index is -0.763. The van der Waals surface area contributed by atoms with Gasteiger partial charge in [0.1, 0.15) is 6.04 Å². The molecule has 0 saturated carbocycles. The fourth-order valence-corrected chi connectivity index (χ4v) is 4.63. The third-order valence-corrected chi connectivity index (χ3v) is 6.51. The van der Waals surface area contributed by atoms with E-state index in [4.69, 9.17) is 0 Å². The Morgan fingerprint density at radius 1 is 0.912 bits per heavy atom. The van der Waals surface area contributed by atoms with Gasteiger partial charge >= 0.3 is 0 Å². The Balaban J connectivity index is 1.47. The number of rotatable bonds is 8. The first-order chi connectivity index (χ1) is 16.5. The lowest BCUT2D eigenvalue weighted by atomic mass is 10.1. The molecular weight excluding hydrogens is 468 g/mol. The maximum atomic E-state index is 13.1. The van der Waals surface area contributed by atoms with Gasteiger partial charge in [0.05, 0.1) is 10.6 Å². The molecule has 1 atom stereocenters. The fourth-order valence-electron chi connectivity index (χ4n) is 3.28. The number of hydrogen-bond donors (Lipinski definition) is 3. The largest absolute Gasteiger partial charge is 0.339 e. The van der Waals surface area contributed by atoms with Gasteiger partial charge in [0.2, 0.25) is 11.8 Å². The molecule has 2 aromatic carbocycles.